The van der Waals surface area contributed by atoms with Gasteiger partial charge < -0.3 is 10.2 Å². The van der Waals surface area contributed by atoms with Gasteiger partial charge in [0.2, 0.25) is 0 Å². The second kappa shape index (κ2) is 9.20. The van der Waals surface area contributed by atoms with Gasteiger partial charge in [-0.1, -0.05) is 32.4 Å². The topological polar surface area (TPSA) is 66.2 Å². The number of rotatable bonds is 4. The van der Waals surface area contributed by atoms with Gasteiger partial charge in [0.05, 0.1) is 17.7 Å². The Morgan fingerprint density at radius 1 is 1.03 bits per heavy atom. The third kappa shape index (κ3) is 4.01. The van der Waals surface area contributed by atoms with E-state index in [2.05, 4.69) is 25.8 Å². The molecule has 5 heteroatoms. The van der Waals surface area contributed by atoms with Crippen molar-refractivity contribution in [1.29, 1.82) is 0 Å². The molecule has 4 nitrogen and oxygen atoms in total. The van der Waals surface area contributed by atoms with Gasteiger partial charge >= 0.3 is 0 Å². The van der Waals surface area contributed by atoms with Crippen LogP contribution in [0.5, 0.6) is 0 Å². The SMILES string of the molecule is C[C@H](CCc1ncc2cc(Cl)ccc2n1)[C@H]1CC[C@H]2[C@H]3C(CC[C@]12C)[C@@]1(C)CC[C@@H](O)C[C@H]1C[C@H]3O. The van der Waals surface area contributed by atoms with Crippen LogP contribution >= 0.6 is 11.6 Å². The standard InChI is InChI=1S/C31H43ClN2O2/c1-18(4-9-28-33-17-19-14-21(32)5-8-26(19)34-28)23-6-7-24-29-25(11-13-31(23,24)3)30(2)12-10-22(35)15-20(30)16-27(29)36/h5,8,14,17-18,20,22-25,27,29,35-36H,4,6-7,9-13,15-16H2,1-3H3/t18-,20+,22-,23-,24+,25?,27-,29+,30+,31-/m1/s1. The molecule has 4 aliphatic rings. The van der Waals surface area contributed by atoms with E-state index in [1.54, 1.807) is 0 Å². The maximum absolute atomic E-state index is 11.5. The van der Waals surface area contributed by atoms with Crippen LogP contribution in [0, 0.1) is 46.3 Å². The predicted octanol–water partition coefficient (Wildman–Crippen LogP) is 6.84. The summed E-state index contributed by atoms with van der Waals surface area (Å²) in [5.41, 5.74) is 1.59. The lowest BCUT2D eigenvalue weighted by Crippen LogP contribution is -2.58. The predicted molar refractivity (Wildman–Crippen MR) is 145 cm³/mol. The number of aliphatic hydroxyl groups excluding tert-OH is 2. The van der Waals surface area contributed by atoms with Crippen molar-refractivity contribution >= 4 is 22.5 Å². The molecule has 10 atom stereocenters. The van der Waals surface area contributed by atoms with Crippen molar-refractivity contribution in [3.8, 4) is 0 Å². The quantitative estimate of drug-likeness (QED) is 0.472. The zero-order valence-corrected chi connectivity index (χ0v) is 22.9. The fourth-order valence-electron chi connectivity index (χ4n) is 9.90. The molecule has 0 spiro atoms. The fraction of sp³-hybridized carbons (Fsp3) is 0.742. The zero-order valence-electron chi connectivity index (χ0n) is 22.2. The van der Waals surface area contributed by atoms with Crippen molar-refractivity contribution in [3.05, 3.63) is 35.2 Å². The Bertz CT molecular complexity index is 1120. The number of fused-ring (bicyclic) bond motifs is 6. The highest BCUT2D eigenvalue weighted by molar-refractivity contribution is 6.31. The van der Waals surface area contributed by atoms with Gasteiger partial charge in [0.25, 0.3) is 0 Å². The number of aliphatic hydroxyl groups is 2. The number of benzene rings is 1. The van der Waals surface area contributed by atoms with E-state index < -0.39 is 0 Å². The Balaban J connectivity index is 1.16. The van der Waals surface area contributed by atoms with Crippen LogP contribution in [-0.2, 0) is 6.42 Å². The van der Waals surface area contributed by atoms with Gasteiger partial charge in [-0.2, -0.15) is 0 Å². The molecule has 0 bridgehead atoms. The van der Waals surface area contributed by atoms with E-state index in [1.807, 2.05) is 24.4 Å². The average molecular weight is 511 g/mol. The van der Waals surface area contributed by atoms with Gasteiger partial charge in [-0.15, -0.1) is 0 Å². The Morgan fingerprint density at radius 2 is 1.81 bits per heavy atom. The highest BCUT2D eigenvalue weighted by Crippen LogP contribution is 2.68. The van der Waals surface area contributed by atoms with Crippen LogP contribution in [0.25, 0.3) is 10.9 Å². The summed E-state index contributed by atoms with van der Waals surface area (Å²) >= 11 is 6.12. The molecule has 2 aromatic rings. The molecule has 1 heterocycles. The van der Waals surface area contributed by atoms with E-state index in [1.165, 1.54) is 25.7 Å². The molecule has 0 saturated heterocycles. The van der Waals surface area contributed by atoms with E-state index in [4.69, 9.17) is 16.6 Å². The molecule has 0 aliphatic heterocycles. The molecule has 0 radical (unpaired) electrons. The minimum Gasteiger partial charge on any atom is -0.393 e. The Hall–Kier alpha value is -1.23. The summed E-state index contributed by atoms with van der Waals surface area (Å²) in [6.45, 7) is 7.51. The third-order valence-corrected chi connectivity index (χ3v) is 12.1. The highest BCUT2D eigenvalue weighted by atomic mass is 35.5. The van der Waals surface area contributed by atoms with Crippen LogP contribution in [0.3, 0.4) is 0 Å². The first-order valence-corrected chi connectivity index (χ1v) is 14.8. The second-order valence-corrected chi connectivity index (χ2v) is 13.9. The number of hydrogen-bond acceptors (Lipinski definition) is 4. The highest BCUT2D eigenvalue weighted by Gasteiger charge is 2.62. The van der Waals surface area contributed by atoms with E-state index in [-0.39, 0.29) is 12.2 Å². The summed E-state index contributed by atoms with van der Waals surface area (Å²) in [7, 11) is 0. The summed E-state index contributed by atoms with van der Waals surface area (Å²) < 4.78 is 0. The van der Waals surface area contributed by atoms with Crippen molar-refractivity contribution in [2.24, 2.45) is 46.3 Å². The summed E-state index contributed by atoms with van der Waals surface area (Å²) in [4.78, 5) is 9.45. The first-order valence-electron chi connectivity index (χ1n) is 14.5. The van der Waals surface area contributed by atoms with Gasteiger partial charge in [0.15, 0.2) is 0 Å². The van der Waals surface area contributed by atoms with Gasteiger partial charge in [-0.3, -0.25) is 0 Å². The molecular weight excluding hydrogens is 468 g/mol. The van der Waals surface area contributed by atoms with Crippen LogP contribution in [-0.4, -0.2) is 32.4 Å². The van der Waals surface area contributed by atoms with Crippen molar-refractivity contribution in [3.63, 3.8) is 0 Å². The smallest absolute Gasteiger partial charge is 0.128 e. The molecule has 0 amide bonds. The third-order valence-electron chi connectivity index (χ3n) is 11.8. The number of hydrogen-bond donors (Lipinski definition) is 2. The maximum Gasteiger partial charge on any atom is 0.128 e. The van der Waals surface area contributed by atoms with Crippen LogP contribution in [0.4, 0.5) is 0 Å². The molecule has 4 fully saturated rings. The molecular formula is C31H43ClN2O2. The van der Waals surface area contributed by atoms with E-state index in [9.17, 15) is 10.2 Å². The van der Waals surface area contributed by atoms with Gasteiger partial charge in [-0.25, -0.2) is 9.97 Å². The Labute approximate surface area is 221 Å². The summed E-state index contributed by atoms with van der Waals surface area (Å²) in [5, 5.41) is 23.5. The largest absolute Gasteiger partial charge is 0.393 e. The summed E-state index contributed by atoms with van der Waals surface area (Å²) in [6.07, 6.45) is 12.5. The lowest BCUT2D eigenvalue weighted by Gasteiger charge is -2.62. The van der Waals surface area contributed by atoms with E-state index in [0.717, 1.165) is 60.3 Å². The van der Waals surface area contributed by atoms with Crippen LogP contribution in [0.2, 0.25) is 5.02 Å². The van der Waals surface area contributed by atoms with Crippen LogP contribution in [0.15, 0.2) is 24.4 Å². The molecule has 196 valence electrons. The lowest BCUT2D eigenvalue weighted by molar-refractivity contribution is -0.174. The molecule has 1 aromatic carbocycles. The monoisotopic (exact) mass is 510 g/mol. The van der Waals surface area contributed by atoms with Crippen molar-refractivity contribution in [2.45, 2.75) is 97.2 Å². The molecule has 6 rings (SSSR count). The number of nitrogens with zero attached hydrogens (tertiary/aromatic N) is 2. The minimum absolute atomic E-state index is 0.165. The van der Waals surface area contributed by atoms with E-state index >= 15 is 0 Å². The molecule has 36 heavy (non-hydrogen) atoms. The van der Waals surface area contributed by atoms with Gasteiger partial charge in [-0.05, 0) is 122 Å². The minimum atomic E-state index is -0.198. The normalized spacial score (nSPS) is 43.0. The van der Waals surface area contributed by atoms with E-state index in [0.29, 0.717) is 46.3 Å². The Morgan fingerprint density at radius 3 is 2.64 bits per heavy atom. The first-order chi connectivity index (χ1) is 17.2. The van der Waals surface area contributed by atoms with Crippen LogP contribution < -0.4 is 0 Å². The van der Waals surface area contributed by atoms with Gasteiger partial charge in [0.1, 0.15) is 5.82 Å². The summed E-state index contributed by atoms with van der Waals surface area (Å²) in [6, 6.07) is 5.81. The molecule has 2 N–H and O–H groups in total. The van der Waals surface area contributed by atoms with Crippen LogP contribution in [0.1, 0.15) is 84.4 Å². The molecule has 4 aliphatic carbocycles. The molecule has 1 aromatic heterocycles. The summed E-state index contributed by atoms with van der Waals surface area (Å²) in [5.74, 6) is 4.42. The fourth-order valence-corrected chi connectivity index (χ4v) is 10.1. The number of aromatic nitrogens is 2. The van der Waals surface area contributed by atoms with Crippen molar-refractivity contribution < 1.29 is 10.2 Å². The van der Waals surface area contributed by atoms with Crippen molar-refractivity contribution in [2.75, 3.05) is 0 Å². The molecule has 1 unspecified atom stereocenters. The average Bonchev–Trinajstić information content (AvgIpc) is 3.21. The first kappa shape index (κ1) is 25.1. The Kier molecular flexibility index (Phi) is 6.41. The number of aryl methyl sites for hydroxylation is 1. The number of halogens is 1. The lowest BCUT2D eigenvalue weighted by atomic mass is 9.43. The van der Waals surface area contributed by atoms with Crippen molar-refractivity contribution in [1.82, 2.24) is 9.97 Å². The molecule has 4 saturated carbocycles. The van der Waals surface area contributed by atoms with Gasteiger partial charge in [0, 0.05) is 23.0 Å². The second-order valence-electron chi connectivity index (χ2n) is 13.5. The zero-order chi connectivity index (χ0) is 25.2. The maximum atomic E-state index is 11.5.